The van der Waals surface area contributed by atoms with Crippen LogP contribution in [-0.4, -0.2) is 6.09 Å². The number of nitrogens with one attached hydrogen (secondary N) is 1. The molecule has 0 aliphatic rings. The predicted molar refractivity (Wildman–Crippen MR) is 93.5 cm³/mol. The average molecular weight is 511 g/mol. The van der Waals surface area contributed by atoms with Crippen molar-refractivity contribution in [2.45, 2.75) is 11.5 Å². The number of benzene rings is 2. The van der Waals surface area contributed by atoms with Gasteiger partial charge in [0, 0.05) is 8.95 Å². The number of halogens is 7. The van der Waals surface area contributed by atoms with Crippen molar-refractivity contribution in [2.75, 3.05) is 5.32 Å². The van der Waals surface area contributed by atoms with Gasteiger partial charge >= 0.3 is 16.3 Å². The Balaban J connectivity index is 2.17. The molecular weight excluding hydrogens is 501 g/mol. The maximum absolute atomic E-state index is 12.9. The van der Waals surface area contributed by atoms with Gasteiger partial charge in [0.05, 0.1) is 5.69 Å². The second-order valence-electron chi connectivity index (χ2n) is 4.92. The van der Waals surface area contributed by atoms with Crippen molar-refractivity contribution in [1.82, 2.24) is 0 Å². The number of carbonyl (C=O) groups excluding carboxylic acids is 1. The highest BCUT2D eigenvalue weighted by molar-refractivity contribution is 9.11. The van der Waals surface area contributed by atoms with Gasteiger partial charge in [0.2, 0.25) is 0 Å². The van der Waals surface area contributed by atoms with Crippen LogP contribution in [0.25, 0.3) is 0 Å². The first-order valence-corrected chi connectivity index (χ1v) is 10.0. The van der Waals surface area contributed by atoms with Crippen molar-refractivity contribution in [2.24, 2.45) is 0 Å². The van der Waals surface area contributed by atoms with Crippen LogP contribution in [0.4, 0.5) is 29.9 Å². The molecule has 2 aromatic rings. The molecule has 25 heavy (non-hydrogen) atoms. The lowest BCUT2D eigenvalue weighted by atomic mass is 10.2. The van der Waals surface area contributed by atoms with Crippen LogP contribution in [0.1, 0.15) is 5.56 Å². The monoisotopic (exact) mass is 509 g/mol. The van der Waals surface area contributed by atoms with Gasteiger partial charge in [-0.25, -0.2) is 4.79 Å². The quantitative estimate of drug-likeness (QED) is 0.429. The molecule has 11 heteroatoms. The van der Waals surface area contributed by atoms with Gasteiger partial charge in [-0.05, 0) is 49.6 Å². The Morgan fingerprint density at radius 3 is 2.00 bits per heavy atom. The summed E-state index contributed by atoms with van der Waals surface area (Å²) < 4.78 is 68.5. The number of amides is 1. The molecule has 138 valence electrons. The lowest BCUT2D eigenvalue weighted by Gasteiger charge is -2.40. The molecular formula is C14H10Br2F5NO2S. The molecule has 0 radical (unpaired) electrons. The number of hydrogen-bond acceptors (Lipinski definition) is 2. The van der Waals surface area contributed by atoms with Crippen molar-refractivity contribution in [3.05, 3.63) is 57.0 Å². The molecule has 0 bridgehead atoms. The first-order valence-electron chi connectivity index (χ1n) is 6.47. The van der Waals surface area contributed by atoms with Gasteiger partial charge in [0.1, 0.15) is 11.5 Å². The van der Waals surface area contributed by atoms with Crippen molar-refractivity contribution < 1.29 is 29.0 Å². The van der Waals surface area contributed by atoms with Crippen molar-refractivity contribution in [3.63, 3.8) is 0 Å². The van der Waals surface area contributed by atoms with Crippen molar-refractivity contribution >= 4 is 53.9 Å². The third kappa shape index (κ3) is 5.58. The molecule has 0 heterocycles. The Kier molecular flexibility index (Phi) is 4.90. The number of carbonyl (C=O) groups is 1. The number of ether oxygens (including phenoxy) is 1. The lowest BCUT2D eigenvalue weighted by molar-refractivity contribution is 0.155. The molecule has 0 aromatic heterocycles. The van der Waals surface area contributed by atoms with Crippen LogP contribution in [0.15, 0.2) is 56.3 Å². The van der Waals surface area contributed by atoms with Crippen LogP contribution >= 0.6 is 42.1 Å². The second-order valence-corrected chi connectivity index (χ2v) is 9.04. The smallest absolute Gasteiger partial charge is 0.412 e. The van der Waals surface area contributed by atoms with Gasteiger partial charge in [0.15, 0.2) is 0 Å². The Labute approximate surface area is 156 Å². The van der Waals surface area contributed by atoms with Crippen molar-refractivity contribution in [3.8, 4) is 0 Å². The summed E-state index contributed by atoms with van der Waals surface area (Å²) in [5.41, 5.74) is 0.538. The van der Waals surface area contributed by atoms with E-state index in [4.69, 9.17) is 4.74 Å². The molecule has 3 nitrogen and oxygen atoms in total. The summed E-state index contributed by atoms with van der Waals surface area (Å²) in [4.78, 5) is 9.68. The standard InChI is InChI=1S/C14H10Br2F5NO2S/c15-11-6-10(25(17,18,19,20)21)7-12(16)13(11)22-14(23)24-8-9-4-2-1-3-5-9/h1-7H,8H2,(H,22,23). The minimum Gasteiger partial charge on any atom is -0.444 e. The Bertz CT molecular complexity index is 793. The van der Waals surface area contributed by atoms with E-state index in [0.29, 0.717) is 5.56 Å². The molecule has 1 amide bonds. The number of hydrogen-bond donors (Lipinski definition) is 1. The molecule has 0 aliphatic carbocycles. The zero-order valence-electron chi connectivity index (χ0n) is 12.1. The fourth-order valence-corrected chi connectivity index (χ4v) is 4.12. The molecule has 0 aliphatic heterocycles. The highest BCUT2D eigenvalue weighted by atomic mass is 79.9. The first kappa shape index (κ1) is 20.0. The molecule has 0 fully saturated rings. The van der Waals surface area contributed by atoms with Crippen LogP contribution < -0.4 is 5.32 Å². The first-order chi connectivity index (χ1) is 11.3. The second kappa shape index (κ2) is 6.13. The highest BCUT2D eigenvalue weighted by Crippen LogP contribution is 3.02. The Morgan fingerprint density at radius 1 is 1.00 bits per heavy atom. The molecule has 0 atom stereocenters. The summed E-state index contributed by atoms with van der Waals surface area (Å²) in [5, 5.41) is 2.20. The lowest BCUT2D eigenvalue weighted by Crippen LogP contribution is -2.15. The van der Waals surface area contributed by atoms with E-state index >= 15 is 0 Å². The normalized spacial score (nSPS) is 14.4. The van der Waals surface area contributed by atoms with Gasteiger partial charge in [0.25, 0.3) is 0 Å². The minimum absolute atomic E-state index is 0.0640. The molecule has 1 N–H and O–H groups in total. The largest absolute Gasteiger partial charge is 0.444 e. The Morgan fingerprint density at radius 2 is 1.52 bits per heavy atom. The topological polar surface area (TPSA) is 38.3 Å². The summed E-state index contributed by atoms with van der Waals surface area (Å²) in [5.74, 6) is 0. The summed E-state index contributed by atoms with van der Waals surface area (Å²) in [6.07, 6.45) is -0.953. The van der Waals surface area contributed by atoms with Crippen LogP contribution in [-0.2, 0) is 11.3 Å². The average Bonchev–Trinajstić information content (AvgIpc) is 2.47. The molecule has 2 aromatic carbocycles. The van der Waals surface area contributed by atoms with E-state index in [-0.39, 0.29) is 33.4 Å². The zero-order chi connectivity index (χ0) is 18.9. The maximum atomic E-state index is 12.9. The molecule has 0 spiro atoms. The van der Waals surface area contributed by atoms with E-state index < -0.39 is 21.2 Å². The molecule has 0 saturated carbocycles. The van der Waals surface area contributed by atoms with E-state index in [0.717, 1.165) is 0 Å². The van der Waals surface area contributed by atoms with Gasteiger partial charge in [-0.3, -0.25) is 5.32 Å². The third-order valence-electron chi connectivity index (χ3n) is 2.90. The van der Waals surface area contributed by atoms with E-state index in [1.807, 2.05) is 0 Å². The van der Waals surface area contributed by atoms with Crippen molar-refractivity contribution in [1.29, 1.82) is 0 Å². The third-order valence-corrected chi connectivity index (χ3v) is 5.28. The SMILES string of the molecule is O=C(Nc1c(Br)cc(S(F)(F)(F)(F)F)cc1Br)OCc1ccccc1. The van der Waals surface area contributed by atoms with Crippen LogP contribution in [0.5, 0.6) is 0 Å². The fourth-order valence-electron chi connectivity index (χ4n) is 1.75. The van der Waals surface area contributed by atoms with Crippen LogP contribution in [0.2, 0.25) is 0 Å². The zero-order valence-corrected chi connectivity index (χ0v) is 16.1. The molecule has 0 unspecified atom stereocenters. The van der Waals surface area contributed by atoms with Gasteiger partial charge in [-0.2, -0.15) is 0 Å². The number of anilines is 1. The van der Waals surface area contributed by atoms with Gasteiger partial charge < -0.3 is 4.74 Å². The summed E-state index contributed by atoms with van der Waals surface area (Å²) in [6.45, 7) is -0.0640. The predicted octanol–water partition coefficient (Wildman–Crippen LogP) is 7.62. The van der Waals surface area contributed by atoms with E-state index in [2.05, 4.69) is 37.2 Å². The molecule has 0 saturated heterocycles. The highest BCUT2D eigenvalue weighted by Gasteiger charge is 2.65. The number of rotatable bonds is 4. The minimum atomic E-state index is -9.83. The maximum Gasteiger partial charge on any atom is 0.412 e. The van der Waals surface area contributed by atoms with E-state index in [9.17, 15) is 24.2 Å². The van der Waals surface area contributed by atoms with E-state index in [1.54, 1.807) is 30.3 Å². The summed E-state index contributed by atoms with van der Waals surface area (Å²) in [6, 6.07) is 9.09. The van der Waals surface area contributed by atoms with Crippen LogP contribution in [0.3, 0.4) is 0 Å². The molecule has 2 rings (SSSR count). The van der Waals surface area contributed by atoms with Gasteiger partial charge in [-0.1, -0.05) is 49.8 Å². The van der Waals surface area contributed by atoms with Gasteiger partial charge in [-0.15, -0.1) is 0 Å². The van der Waals surface area contributed by atoms with E-state index in [1.165, 1.54) is 0 Å². The Hall–Kier alpha value is -1.33. The fraction of sp³-hybridized carbons (Fsp3) is 0.0714. The summed E-state index contributed by atoms with van der Waals surface area (Å²) in [7, 11) is -9.83. The summed E-state index contributed by atoms with van der Waals surface area (Å²) >= 11 is 5.50. The van der Waals surface area contributed by atoms with Crippen LogP contribution in [0, 0.1) is 0 Å².